The van der Waals surface area contributed by atoms with Crippen molar-refractivity contribution in [3.63, 3.8) is 0 Å². The molecule has 0 radical (unpaired) electrons. The van der Waals surface area contributed by atoms with Crippen molar-refractivity contribution >= 4 is 12.6 Å². The molecule has 1 aliphatic rings. The van der Waals surface area contributed by atoms with E-state index in [9.17, 15) is 18.3 Å². The van der Waals surface area contributed by atoms with E-state index in [1.54, 1.807) is 27.7 Å². The van der Waals surface area contributed by atoms with Crippen LogP contribution in [0, 0.1) is 0 Å². The highest BCUT2D eigenvalue weighted by molar-refractivity contribution is 6.63. The molecule has 110 valence electrons. The van der Waals surface area contributed by atoms with Crippen molar-refractivity contribution < 1.29 is 27.6 Å². The Morgan fingerprint density at radius 3 is 2.00 bits per heavy atom. The first-order chi connectivity index (χ1) is 8.94. The third-order valence-corrected chi connectivity index (χ3v) is 3.86. The molecule has 1 heterocycles. The molecule has 0 aromatic heterocycles. The molecular weight excluding hydrogens is 272 g/mol. The first-order valence-electron chi connectivity index (χ1n) is 6.20. The van der Waals surface area contributed by atoms with Crippen LogP contribution in [-0.4, -0.2) is 23.4 Å². The molecule has 0 unspecified atom stereocenters. The third-order valence-electron chi connectivity index (χ3n) is 3.86. The largest absolute Gasteiger partial charge is 0.508 e. The molecule has 7 heteroatoms. The highest BCUT2D eigenvalue weighted by Crippen LogP contribution is 2.38. The van der Waals surface area contributed by atoms with Gasteiger partial charge in [-0.15, -0.1) is 0 Å². The van der Waals surface area contributed by atoms with E-state index in [1.165, 1.54) is 0 Å². The van der Waals surface area contributed by atoms with Gasteiger partial charge >= 0.3 is 13.3 Å². The molecule has 2 rings (SSSR count). The molecule has 20 heavy (non-hydrogen) atoms. The van der Waals surface area contributed by atoms with Crippen LogP contribution in [0.15, 0.2) is 18.2 Å². The van der Waals surface area contributed by atoms with Crippen LogP contribution < -0.4 is 5.46 Å². The van der Waals surface area contributed by atoms with Gasteiger partial charge in [0.05, 0.1) is 16.8 Å². The summed E-state index contributed by atoms with van der Waals surface area (Å²) in [6, 6.07) is 2.69. The first-order valence-corrected chi connectivity index (χ1v) is 6.20. The second-order valence-corrected chi connectivity index (χ2v) is 5.86. The van der Waals surface area contributed by atoms with Crippen molar-refractivity contribution in [2.24, 2.45) is 0 Å². The molecule has 0 bridgehead atoms. The monoisotopic (exact) mass is 288 g/mol. The average Bonchev–Trinajstić information content (AvgIpc) is 2.46. The predicted octanol–water partition coefficient (Wildman–Crippen LogP) is 2.71. The molecule has 0 atom stereocenters. The van der Waals surface area contributed by atoms with Gasteiger partial charge in [0.1, 0.15) is 5.75 Å². The summed E-state index contributed by atoms with van der Waals surface area (Å²) in [4.78, 5) is 0. The minimum Gasteiger partial charge on any atom is -0.508 e. The number of phenolic OH excluding ortho intramolecular Hbond substituents is 1. The zero-order valence-corrected chi connectivity index (χ0v) is 11.7. The van der Waals surface area contributed by atoms with Gasteiger partial charge in [-0.1, -0.05) is 0 Å². The molecule has 0 saturated carbocycles. The highest BCUT2D eigenvalue weighted by atomic mass is 19.4. The maximum absolute atomic E-state index is 12.7. The summed E-state index contributed by atoms with van der Waals surface area (Å²) in [7, 11) is -1.03. The van der Waals surface area contributed by atoms with Crippen LogP contribution in [0.4, 0.5) is 13.2 Å². The number of aromatic hydroxyl groups is 1. The van der Waals surface area contributed by atoms with Gasteiger partial charge in [0, 0.05) is 5.46 Å². The number of alkyl halides is 3. The van der Waals surface area contributed by atoms with E-state index in [0.717, 1.165) is 18.2 Å². The van der Waals surface area contributed by atoms with Gasteiger partial charge < -0.3 is 14.4 Å². The smallest absolute Gasteiger partial charge is 0.498 e. The zero-order chi connectivity index (χ0) is 15.3. The number of hydrogen-bond acceptors (Lipinski definition) is 3. The summed E-state index contributed by atoms with van der Waals surface area (Å²) in [6.45, 7) is 7.16. The fourth-order valence-corrected chi connectivity index (χ4v) is 1.89. The van der Waals surface area contributed by atoms with Crippen LogP contribution in [0.5, 0.6) is 5.75 Å². The summed E-state index contributed by atoms with van der Waals surface area (Å²) < 4.78 is 49.5. The minimum atomic E-state index is -4.48. The Morgan fingerprint density at radius 2 is 1.55 bits per heavy atom. The molecular formula is C13H16BF3O3. The van der Waals surface area contributed by atoms with Crippen molar-refractivity contribution in [2.45, 2.75) is 45.1 Å². The van der Waals surface area contributed by atoms with Gasteiger partial charge in [-0.2, -0.15) is 13.2 Å². The van der Waals surface area contributed by atoms with E-state index in [2.05, 4.69) is 0 Å². The number of hydrogen-bond donors (Lipinski definition) is 1. The van der Waals surface area contributed by atoms with Crippen LogP contribution in [0.1, 0.15) is 33.3 Å². The van der Waals surface area contributed by atoms with Crippen LogP contribution in [-0.2, 0) is 15.5 Å². The van der Waals surface area contributed by atoms with Crippen molar-refractivity contribution in [3.8, 4) is 5.75 Å². The van der Waals surface area contributed by atoms with E-state index in [0.29, 0.717) is 0 Å². The second kappa shape index (κ2) is 4.39. The molecule has 1 N–H and O–H groups in total. The average molecular weight is 288 g/mol. The summed E-state index contributed by atoms with van der Waals surface area (Å²) in [5.41, 5.74) is -2.23. The quantitative estimate of drug-likeness (QED) is 0.807. The van der Waals surface area contributed by atoms with Crippen LogP contribution in [0.3, 0.4) is 0 Å². The van der Waals surface area contributed by atoms with Crippen molar-refractivity contribution in [1.29, 1.82) is 0 Å². The Morgan fingerprint density at radius 1 is 1.05 bits per heavy atom. The maximum Gasteiger partial charge on any atom is 0.498 e. The Balaban J connectivity index is 2.40. The van der Waals surface area contributed by atoms with E-state index in [4.69, 9.17) is 9.31 Å². The van der Waals surface area contributed by atoms with E-state index in [-0.39, 0.29) is 11.2 Å². The van der Waals surface area contributed by atoms with Gasteiger partial charge in [0.2, 0.25) is 0 Å². The predicted molar refractivity (Wildman–Crippen MR) is 68.8 cm³/mol. The Kier molecular flexibility index (Phi) is 3.34. The first kappa shape index (κ1) is 15.2. The standard InChI is InChI=1S/C13H16BF3O3/c1-11(2)12(3,4)20-14(19-11)9-7-8(13(15,16)17)5-6-10(9)18/h5-7,18H,1-4H3. The number of halogens is 3. The summed E-state index contributed by atoms with van der Waals surface area (Å²) in [6.07, 6.45) is -4.48. The Hall–Kier alpha value is -1.21. The zero-order valence-electron chi connectivity index (χ0n) is 11.7. The normalized spacial score (nSPS) is 21.2. The fourth-order valence-electron chi connectivity index (χ4n) is 1.89. The van der Waals surface area contributed by atoms with Gasteiger partial charge in [-0.3, -0.25) is 0 Å². The minimum absolute atomic E-state index is 0.0153. The molecule has 0 aliphatic carbocycles. The van der Waals surface area contributed by atoms with Crippen LogP contribution in [0.25, 0.3) is 0 Å². The Bertz CT molecular complexity index is 510. The summed E-state index contributed by atoms with van der Waals surface area (Å²) >= 11 is 0. The van der Waals surface area contributed by atoms with Crippen molar-refractivity contribution in [3.05, 3.63) is 23.8 Å². The third kappa shape index (κ3) is 2.52. The van der Waals surface area contributed by atoms with Crippen molar-refractivity contribution in [1.82, 2.24) is 0 Å². The van der Waals surface area contributed by atoms with E-state index in [1.807, 2.05) is 0 Å². The van der Waals surface area contributed by atoms with Crippen LogP contribution in [0.2, 0.25) is 0 Å². The van der Waals surface area contributed by atoms with E-state index < -0.39 is 30.1 Å². The van der Waals surface area contributed by atoms with Gasteiger partial charge in [0.15, 0.2) is 0 Å². The topological polar surface area (TPSA) is 38.7 Å². The second-order valence-electron chi connectivity index (χ2n) is 5.86. The molecule has 1 fully saturated rings. The Labute approximate surface area is 115 Å². The molecule has 1 aliphatic heterocycles. The lowest BCUT2D eigenvalue weighted by Crippen LogP contribution is -2.41. The summed E-state index contributed by atoms with van der Waals surface area (Å²) in [5.74, 6) is -0.281. The van der Waals surface area contributed by atoms with Gasteiger partial charge in [0.25, 0.3) is 0 Å². The molecule has 1 aromatic carbocycles. The lowest BCUT2D eigenvalue weighted by molar-refractivity contribution is -0.137. The molecule has 0 amide bonds. The molecule has 3 nitrogen and oxygen atoms in total. The fraction of sp³-hybridized carbons (Fsp3) is 0.538. The summed E-state index contributed by atoms with van der Waals surface area (Å²) in [5, 5.41) is 9.77. The highest BCUT2D eigenvalue weighted by Gasteiger charge is 2.52. The lowest BCUT2D eigenvalue weighted by atomic mass is 9.77. The lowest BCUT2D eigenvalue weighted by Gasteiger charge is -2.32. The van der Waals surface area contributed by atoms with Crippen LogP contribution >= 0.6 is 0 Å². The SMILES string of the molecule is CC1(C)OB(c2cc(C(F)(F)F)ccc2O)OC1(C)C. The van der Waals surface area contributed by atoms with Crippen molar-refractivity contribution in [2.75, 3.05) is 0 Å². The molecule has 1 aromatic rings. The molecule has 1 saturated heterocycles. The van der Waals surface area contributed by atoms with E-state index >= 15 is 0 Å². The number of rotatable bonds is 1. The van der Waals surface area contributed by atoms with Gasteiger partial charge in [-0.25, -0.2) is 0 Å². The number of phenols is 1. The molecule has 0 spiro atoms. The van der Waals surface area contributed by atoms with Gasteiger partial charge in [-0.05, 0) is 45.9 Å². The number of benzene rings is 1. The maximum atomic E-state index is 12.7.